The van der Waals surface area contributed by atoms with Gasteiger partial charge in [0.2, 0.25) is 5.91 Å². The van der Waals surface area contributed by atoms with Crippen LogP contribution in [0.2, 0.25) is 5.02 Å². The molecular weight excluding hydrogens is 289 g/mol. The summed E-state index contributed by atoms with van der Waals surface area (Å²) in [5.41, 5.74) is 0.989. The predicted octanol–water partition coefficient (Wildman–Crippen LogP) is 3.12. The zero-order chi connectivity index (χ0) is 12.1. The molecule has 0 saturated heterocycles. The van der Waals surface area contributed by atoms with Crippen molar-refractivity contribution in [2.45, 2.75) is 19.4 Å². The molecule has 0 heterocycles. The summed E-state index contributed by atoms with van der Waals surface area (Å²) < 4.78 is 0. The molecule has 0 saturated carbocycles. The number of rotatable bonds is 4. The maximum Gasteiger partial charge on any atom is 0.226 e. The molecule has 0 spiro atoms. The fourth-order valence-electron chi connectivity index (χ4n) is 1.25. The van der Waals surface area contributed by atoms with Crippen LogP contribution in [0.25, 0.3) is 0 Å². The summed E-state index contributed by atoms with van der Waals surface area (Å²) in [7, 11) is 1.82. The van der Waals surface area contributed by atoms with Crippen LogP contribution in [-0.2, 0) is 11.2 Å². The Morgan fingerprint density at radius 3 is 2.50 bits per heavy atom. The van der Waals surface area contributed by atoms with E-state index < -0.39 is 0 Å². The van der Waals surface area contributed by atoms with Crippen molar-refractivity contribution in [3.8, 4) is 0 Å². The van der Waals surface area contributed by atoms with Gasteiger partial charge in [-0.2, -0.15) is 0 Å². The molecule has 1 unspecified atom stereocenters. The number of carbonyl (C=O) groups excluding carboxylic acids is 1. The molecule has 0 aliphatic carbocycles. The summed E-state index contributed by atoms with van der Waals surface area (Å²) in [6, 6.07) is 7.58. The molecule has 16 heavy (non-hydrogen) atoms. The van der Waals surface area contributed by atoms with Crippen molar-refractivity contribution in [3.63, 3.8) is 0 Å². The summed E-state index contributed by atoms with van der Waals surface area (Å²) in [6.07, 6.45) is 0.422. The highest BCUT2D eigenvalue weighted by Gasteiger charge is 2.14. The second-order valence-electron chi connectivity index (χ2n) is 3.81. The van der Waals surface area contributed by atoms with E-state index >= 15 is 0 Å². The molecule has 0 fully saturated rings. The number of nitrogens with zero attached hydrogens (tertiary/aromatic N) is 1. The molecule has 2 nitrogen and oxygen atoms in total. The highest BCUT2D eigenvalue weighted by molar-refractivity contribution is 9.09. The molecular formula is C12H15BrClNO. The van der Waals surface area contributed by atoms with Crippen molar-refractivity contribution >= 4 is 33.4 Å². The minimum absolute atomic E-state index is 0.120. The molecule has 1 aromatic rings. The van der Waals surface area contributed by atoms with Crippen LogP contribution in [0.1, 0.15) is 12.5 Å². The first kappa shape index (κ1) is 13.5. The molecule has 0 bridgehead atoms. The number of benzene rings is 1. The molecule has 0 aromatic heterocycles. The first-order valence-electron chi connectivity index (χ1n) is 5.10. The number of carbonyl (C=O) groups is 1. The zero-order valence-corrected chi connectivity index (χ0v) is 11.8. The third-order valence-corrected chi connectivity index (χ3v) is 3.74. The van der Waals surface area contributed by atoms with Crippen LogP contribution in [0.15, 0.2) is 24.3 Å². The van der Waals surface area contributed by atoms with Crippen molar-refractivity contribution in [1.29, 1.82) is 0 Å². The monoisotopic (exact) mass is 303 g/mol. The van der Waals surface area contributed by atoms with Gasteiger partial charge in [0.1, 0.15) is 0 Å². The Balaban J connectivity index is 2.60. The largest absolute Gasteiger partial charge is 0.342 e. The first-order valence-corrected chi connectivity index (χ1v) is 6.60. The number of likely N-dealkylation sites (N-methyl/N-ethyl adjacent to an activating group) is 1. The Bertz CT molecular complexity index is 353. The fourth-order valence-corrected chi connectivity index (χ4v) is 1.81. The Morgan fingerprint density at radius 1 is 1.44 bits per heavy atom. The van der Waals surface area contributed by atoms with Gasteiger partial charge in [0, 0.05) is 23.4 Å². The summed E-state index contributed by atoms with van der Waals surface area (Å²) in [5, 5.41) is 1.48. The van der Waals surface area contributed by atoms with Crippen molar-refractivity contribution in [1.82, 2.24) is 4.90 Å². The first-order chi connectivity index (χ1) is 7.54. The number of halogens is 2. The minimum atomic E-state index is 0.120. The van der Waals surface area contributed by atoms with Crippen molar-refractivity contribution in [3.05, 3.63) is 34.9 Å². The lowest BCUT2D eigenvalue weighted by Gasteiger charge is -2.23. The smallest absolute Gasteiger partial charge is 0.226 e. The van der Waals surface area contributed by atoms with Crippen LogP contribution >= 0.6 is 27.5 Å². The van der Waals surface area contributed by atoms with E-state index in [2.05, 4.69) is 15.9 Å². The van der Waals surface area contributed by atoms with E-state index in [1.54, 1.807) is 17.0 Å². The average molecular weight is 305 g/mol. The van der Waals surface area contributed by atoms with E-state index in [1.807, 2.05) is 26.1 Å². The zero-order valence-electron chi connectivity index (χ0n) is 9.41. The average Bonchev–Trinajstić information content (AvgIpc) is 2.30. The second kappa shape index (κ2) is 6.26. The molecule has 0 aliphatic rings. The normalized spacial score (nSPS) is 12.2. The van der Waals surface area contributed by atoms with E-state index in [0.717, 1.165) is 10.9 Å². The van der Waals surface area contributed by atoms with Crippen molar-refractivity contribution < 1.29 is 4.79 Å². The highest BCUT2D eigenvalue weighted by atomic mass is 79.9. The predicted molar refractivity (Wildman–Crippen MR) is 71.2 cm³/mol. The van der Waals surface area contributed by atoms with Gasteiger partial charge in [-0.05, 0) is 24.6 Å². The lowest BCUT2D eigenvalue weighted by molar-refractivity contribution is -0.130. The molecule has 1 amide bonds. The molecule has 4 heteroatoms. The molecule has 1 atom stereocenters. The van der Waals surface area contributed by atoms with Gasteiger partial charge in [-0.3, -0.25) is 4.79 Å². The van der Waals surface area contributed by atoms with Gasteiger partial charge in [-0.15, -0.1) is 0 Å². The maximum atomic E-state index is 11.9. The van der Waals surface area contributed by atoms with Crippen molar-refractivity contribution in [2.75, 3.05) is 12.4 Å². The SMILES string of the molecule is CC(CBr)N(C)C(=O)Cc1ccc(Cl)cc1. The number of alkyl halides is 1. The van der Waals surface area contributed by atoms with Crippen LogP contribution in [0.4, 0.5) is 0 Å². The Hall–Kier alpha value is -0.540. The Morgan fingerprint density at radius 2 is 2.00 bits per heavy atom. The molecule has 88 valence electrons. The van der Waals surface area contributed by atoms with Gasteiger partial charge >= 0.3 is 0 Å². The summed E-state index contributed by atoms with van der Waals surface area (Å²) in [5.74, 6) is 0.120. The quantitative estimate of drug-likeness (QED) is 0.783. The molecule has 1 rings (SSSR count). The van der Waals surface area contributed by atoms with E-state index in [1.165, 1.54) is 0 Å². The summed E-state index contributed by atoms with van der Waals surface area (Å²) in [6.45, 7) is 2.01. The lowest BCUT2D eigenvalue weighted by Crippen LogP contribution is -2.37. The Kier molecular flexibility index (Phi) is 5.29. The summed E-state index contributed by atoms with van der Waals surface area (Å²) >= 11 is 9.15. The number of hydrogen-bond acceptors (Lipinski definition) is 1. The van der Waals surface area contributed by atoms with Crippen LogP contribution in [0, 0.1) is 0 Å². The van der Waals surface area contributed by atoms with Gasteiger partial charge in [0.05, 0.1) is 6.42 Å². The van der Waals surface area contributed by atoms with Gasteiger partial charge < -0.3 is 4.90 Å². The number of amides is 1. The van der Waals surface area contributed by atoms with Gasteiger partial charge in [0.25, 0.3) is 0 Å². The van der Waals surface area contributed by atoms with Crippen LogP contribution < -0.4 is 0 Å². The molecule has 0 N–H and O–H groups in total. The van der Waals surface area contributed by atoms with Crippen LogP contribution in [0.3, 0.4) is 0 Å². The van der Waals surface area contributed by atoms with E-state index in [-0.39, 0.29) is 11.9 Å². The number of hydrogen-bond donors (Lipinski definition) is 0. The molecule has 0 radical (unpaired) electrons. The van der Waals surface area contributed by atoms with Gasteiger partial charge in [0.15, 0.2) is 0 Å². The highest BCUT2D eigenvalue weighted by Crippen LogP contribution is 2.11. The maximum absolute atomic E-state index is 11.9. The van der Waals surface area contributed by atoms with E-state index in [4.69, 9.17) is 11.6 Å². The lowest BCUT2D eigenvalue weighted by atomic mass is 10.1. The van der Waals surface area contributed by atoms with Crippen LogP contribution in [-0.4, -0.2) is 29.2 Å². The van der Waals surface area contributed by atoms with E-state index in [0.29, 0.717) is 11.4 Å². The molecule has 0 aliphatic heterocycles. The minimum Gasteiger partial charge on any atom is -0.342 e. The third-order valence-electron chi connectivity index (χ3n) is 2.55. The topological polar surface area (TPSA) is 20.3 Å². The van der Waals surface area contributed by atoms with Gasteiger partial charge in [-0.25, -0.2) is 0 Å². The second-order valence-corrected chi connectivity index (χ2v) is 4.90. The fraction of sp³-hybridized carbons (Fsp3) is 0.417. The Labute approximate surface area is 110 Å². The van der Waals surface area contributed by atoms with Crippen molar-refractivity contribution in [2.24, 2.45) is 0 Å². The standard InChI is InChI=1S/C12H15BrClNO/c1-9(8-13)15(2)12(16)7-10-3-5-11(14)6-4-10/h3-6,9H,7-8H2,1-2H3. The summed E-state index contributed by atoms with van der Waals surface area (Å²) in [4.78, 5) is 13.6. The van der Waals surface area contributed by atoms with Gasteiger partial charge in [-0.1, -0.05) is 39.7 Å². The molecule has 1 aromatic carbocycles. The van der Waals surface area contributed by atoms with E-state index in [9.17, 15) is 4.79 Å². The third kappa shape index (κ3) is 3.80. The van der Waals surface area contributed by atoms with Crippen LogP contribution in [0.5, 0.6) is 0 Å².